The predicted molar refractivity (Wildman–Crippen MR) is 53.1 cm³/mol. The summed E-state index contributed by atoms with van der Waals surface area (Å²) in [5.74, 6) is 0.552. The van der Waals surface area contributed by atoms with Crippen LogP contribution in [-0.2, 0) is 13.6 Å². The summed E-state index contributed by atoms with van der Waals surface area (Å²) in [7, 11) is 1.73. The Morgan fingerprint density at radius 2 is 2.57 bits per heavy atom. The maximum Gasteiger partial charge on any atom is 0.345 e. The molecular formula is C9H16N4O. The normalized spacial score (nSPS) is 22.5. The third kappa shape index (κ3) is 1.87. The summed E-state index contributed by atoms with van der Waals surface area (Å²) in [5, 5.41) is 7.38. The average molecular weight is 196 g/mol. The first-order chi connectivity index (χ1) is 6.77. The number of nitrogens with one attached hydrogen (secondary N) is 1. The molecule has 0 saturated carbocycles. The van der Waals surface area contributed by atoms with Gasteiger partial charge in [-0.1, -0.05) is 0 Å². The Morgan fingerprint density at radius 3 is 3.14 bits per heavy atom. The van der Waals surface area contributed by atoms with Crippen LogP contribution in [0.1, 0.15) is 12.8 Å². The van der Waals surface area contributed by atoms with Crippen molar-refractivity contribution < 1.29 is 0 Å². The first-order valence-electron chi connectivity index (χ1n) is 5.06. The maximum absolute atomic E-state index is 11.5. The van der Waals surface area contributed by atoms with Gasteiger partial charge in [-0.2, -0.15) is 5.10 Å². The second kappa shape index (κ2) is 3.96. The van der Waals surface area contributed by atoms with E-state index in [1.165, 1.54) is 17.4 Å². The second-order valence-corrected chi connectivity index (χ2v) is 3.92. The van der Waals surface area contributed by atoms with E-state index < -0.39 is 0 Å². The van der Waals surface area contributed by atoms with Crippen LogP contribution in [0.3, 0.4) is 0 Å². The summed E-state index contributed by atoms with van der Waals surface area (Å²) in [6.45, 7) is 2.85. The van der Waals surface area contributed by atoms with E-state index in [9.17, 15) is 4.79 Å². The number of aryl methyl sites for hydroxylation is 1. The van der Waals surface area contributed by atoms with E-state index in [-0.39, 0.29) is 5.69 Å². The zero-order valence-electron chi connectivity index (χ0n) is 8.44. The molecule has 1 aliphatic rings. The lowest BCUT2D eigenvalue weighted by Crippen LogP contribution is -2.35. The van der Waals surface area contributed by atoms with Gasteiger partial charge in [0, 0.05) is 7.05 Å². The van der Waals surface area contributed by atoms with E-state index in [1.807, 2.05) is 0 Å². The molecule has 1 aromatic heterocycles. The van der Waals surface area contributed by atoms with E-state index in [4.69, 9.17) is 0 Å². The number of hydrogen-bond acceptors (Lipinski definition) is 3. The molecule has 0 aliphatic carbocycles. The van der Waals surface area contributed by atoms with Gasteiger partial charge in [-0.15, -0.1) is 0 Å². The van der Waals surface area contributed by atoms with Gasteiger partial charge in [0.15, 0.2) is 0 Å². The summed E-state index contributed by atoms with van der Waals surface area (Å²) >= 11 is 0. The van der Waals surface area contributed by atoms with E-state index in [2.05, 4.69) is 10.4 Å². The molecule has 5 heteroatoms. The minimum absolute atomic E-state index is 0.0180. The lowest BCUT2D eigenvalue weighted by Gasteiger charge is -2.21. The largest absolute Gasteiger partial charge is 0.345 e. The van der Waals surface area contributed by atoms with Gasteiger partial charge in [0.05, 0.1) is 6.54 Å². The average Bonchev–Trinajstić information content (AvgIpc) is 2.52. The number of hydrogen-bond donors (Lipinski definition) is 1. The topological polar surface area (TPSA) is 51.9 Å². The Bertz CT molecular complexity index is 348. The van der Waals surface area contributed by atoms with Crippen LogP contribution in [0.4, 0.5) is 0 Å². The minimum atomic E-state index is -0.0180. The van der Waals surface area contributed by atoms with Crippen molar-refractivity contribution in [2.45, 2.75) is 19.4 Å². The van der Waals surface area contributed by atoms with Gasteiger partial charge >= 0.3 is 5.69 Å². The molecule has 0 spiro atoms. The van der Waals surface area contributed by atoms with Crippen molar-refractivity contribution >= 4 is 0 Å². The smallest absolute Gasteiger partial charge is 0.316 e. The zero-order valence-corrected chi connectivity index (χ0v) is 8.44. The summed E-state index contributed by atoms with van der Waals surface area (Å²) in [6, 6.07) is 0. The molecule has 0 bridgehead atoms. The molecular weight excluding hydrogens is 180 g/mol. The minimum Gasteiger partial charge on any atom is -0.316 e. The molecule has 0 amide bonds. The van der Waals surface area contributed by atoms with Crippen LogP contribution in [0.5, 0.6) is 0 Å². The number of nitrogens with zero attached hydrogens (tertiary/aromatic N) is 3. The molecule has 1 saturated heterocycles. The fraction of sp³-hybridized carbons (Fsp3) is 0.778. The highest BCUT2D eigenvalue weighted by atomic mass is 16.2. The lowest BCUT2D eigenvalue weighted by atomic mass is 10.00. The molecule has 78 valence electrons. The molecule has 1 fully saturated rings. The number of piperidine rings is 1. The predicted octanol–water partition coefficient (Wildman–Crippen LogP) is -0.419. The molecule has 0 aromatic carbocycles. The van der Waals surface area contributed by atoms with Gasteiger partial charge in [0.25, 0.3) is 0 Å². The van der Waals surface area contributed by atoms with E-state index >= 15 is 0 Å². The molecule has 14 heavy (non-hydrogen) atoms. The van der Waals surface area contributed by atoms with E-state index in [1.54, 1.807) is 18.1 Å². The summed E-state index contributed by atoms with van der Waals surface area (Å²) in [4.78, 5) is 11.5. The Hall–Kier alpha value is -1.10. The highest BCUT2D eigenvalue weighted by molar-refractivity contribution is 4.72. The van der Waals surface area contributed by atoms with Crippen molar-refractivity contribution in [3.63, 3.8) is 0 Å². The van der Waals surface area contributed by atoms with E-state index in [0.717, 1.165) is 19.6 Å². The SMILES string of the molecule is Cn1cnn(CC2CCCNC2)c1=O. The van der Waals surface area contributed by atoms with Crippen LogP contribution in [0, 0.1) is 5.92 Å². The molecule has 1 aromatic rings. The first-order valence-corrected chi connectivity index (χ1v) is 5.06. The molecule has 1 aliphatic heterocycles. The second-order valence-electron chi connectivity index (χ2n) is 3.92. The molecule has 0 radical (unpaired) electrons. The molecule has 2 heterocycles. The van der Waals surface area contributed by atoms with Gasteiger partial charge in [-0.3, -0.25) is 4.57 Å². The highest BCUT2D eigenvalue weighted by Crippen LogP contribution is 2.10. The molecule has 1 unspecified atom stereocenters. The first kappa shape index (κ1) is 9.45. The Morgan fingerprint density at radius 1 is 1.71 bits per heavy atom. The third-order valence-corrected chi connectivity index (χ3v) is 2.72. The van der Waals surface area contributed by atoms with Gasteiger partial charge in [-0.05, 0) is 31.8 Å². The van der Waals surface area contributed by atoms with Crippen LogP contribution in [0.2, 0.25) is 0 Å². The third-order valence-electron chi connectivity index (χ3n) is 2.72. The Labute approximate surface area is 82.7 Å². The monoisotopic (exact) mass is 196 g/mol. The van der Waals surface area contributed by atoms with Gasteiger partial charge in [0.1, 0.15) is 6.33 Å². The van der Waals surface area contributed by atoms with Crippen LogP contribution >= 0.6 is 0 Å². The van der Waals surface area contributed by atoms with Crippen molar-refractivity contribution in [1.29, 1.82) is 0 Å². The number of rotatable bonds is 2. The summed E-state index contributed by atoms with van der Waals surface area (Å²) < 4.78 is 3.06. The van der Waals surface area contributed by atoms with Crippen molar-refractivity contribution in [3.05, 3.63) is 16.8 Å². The molecule has 5 nitrogen and oxygen atoms in total. The molecule has 2 rings (SSSR count). The van der Waals surface area contributed by atoms with Crippen LogP contribution in [-0.4, -0.2) is 27.4 Å². The number of aromatic nitrogens is 3. The van der Waals surface area contributed by atoms with Crippen molar-refractivity contribution in [2.24, 2.45) is 13.0 Å². The Balaban J connectivity index is 2.02. The fourth-order valence-electron chi connectivity index (χ4n) is 1.87. The summed E-state index contributed by atoms with van der Waals surface area (Å²) in [5.41, 5.74) is -0.0180. The molecule has 1 N–H and O–H groups in total. The van der Waals surface area contributed by atoms with Crippen molar-refractivity contribution in [2.75, 3.05) is 13.1 Å². The highest BCUT2D eigenvalue weighted by Gasteiger charge is 2.15. The lowest BCUT2D eigenvalue weighted by molar-refractivity contribution is 0.320. The van der Waals surface area contributed by atoms with Crippen LogP contribution in [0.25, 0.3) is 0 Å². The fourth-order valence-corrected chi connectivity index (χ4v) is 1.87. The Kier molecular flexibility index (Phi) is 2.67. The van der Waals surface area contributed by atoms with Gasteiger partial charge in [0.2, 0.25) is 0 Å². The van der Waals surface area contributed by atoms with Crippen LogP contribution < -0.4 is 11.0 Å². The van der Waals surface area contributed by atoms with Crippen LogP contribution in [0.15, 0.2) is 11.1 Å². The van der Waals surface area contributed by atoms with Gasteiger partial charge in [-0.25, -0.2) is 9.48 Å². The van der Waals surface area contributed by atoms with Gasteiger partial charge < -0.3 is 5.32 Å². The maximum atomic E-state index is 11.5. The molecule has 1 atom stereocenters. The zero-order chi connectivity index (χ0) is 9.97. The van der Waals surface area contributed by atoms with Crippen molar-refractivity contribution in [3.8, 4) is 0 Å². The standard InChI is InChI=1S/C9H16N4O/c1-12-7-11-13(9(12)14)6-8-3-2-4-10-5-8/h7-8,10H,2-6H2,1H3. The summed E-state index contributed by atoms with van der Waals surface area (Å²) in [6.07, 6.45) is 3.96. The quantitative estimate of drug-likeness (QED) is 0.699. The van der Waals surface area contributed by atoms with Crippen molar-refractivity contribution in [1.82, 2.24) is 19.7 Å². The van der Waals surface area contributed by atoms with E-state index in [0.29, 0.717) is 5.92 Å².